The summed E-state index contributed by atoms with van der Waals surface area (Å²) in [7, 11) is 0. The number of piperidine rings is 1. The van der Waals surface area contributed by atoms with E-state index in [-0.39, 0.29) is 11.7 Å². The van der Waals surface area contributed by atoms with Gasteiger partial charge in [-0.25, -0.2) is 4.39 Å². The molecular weight excluding hydrogens is 353 g/mol. The van der Waals surface area contributed by atoms with E-state index in [1.54, 1.807) is 12.1 Å². The summed E-state index contributed by atoms with van der Waals surface area (Å²) < 4.78 is 13.4. The van der Waals surface area contributed by atoms with Gasteiger partial charge in [-0.15, -0.1) is 0 Å². The van der Waals surface area contributed by atoms with Crippen molar-refractivity contribution in [1.29, 1.82) is 0 Å². The highest BCUT2D eigenvalue weighted by molar-refractivity contribution is 5.78. The van der Waals surface area contributed by atoms with Gasteiger partial charge in [0, 0.05) is 43.4 Å². The zero-order valence-electron chi connectivity index (χ0n) is 16.9. The van der Waals surface area contributed by atoms with Crippen LogP contribution in [0.4, 0.5) is 4.39 Å². The number of likely N-dealkylation sites (N-methyl/N-ethyl adjacent to an activating group) is 1. The van der Waals surface area contributed by atoms with Crippen LogP contribution in [0.15, 0.2) is 42.5 Å². The normalized spacial score (nSPS) is 17.5. The van der Waals surface area contributed by atoms with Crippen molar-refractivity contribution < 1.29 is 9.18 Å². The lowest BCUT2D eigenvalue weighted by Gasteiger charge is -2.33. The first-order valence-corrected chi connectivity index (χ1v) is 10.3. The fourth-order valence-electron chi connectivity index (χ4n) is 3.99. The molecule has 1 aliphatic rings. The molecule has 1 fully saturated rings. The number of hydrogen-bond donors (Lipinski definition) is 0. The number of halogens is 1. The number of nitrogens with zero attached hydrogens (tertiary/aromatic N) is 3. The summed E-state index contributed by atoms with van der Waals surface area (Å²) in [6, 6.07) is 12.8. The molecule has 2 aromatic rings. The Balaban J connectivity index is 1.65. The third kappa shape index (κ3) is 5.38. The molecule has 1 amide bonds. The van der Waals surface area contributed by atoms with Crippen LogP contribution >= 0.6 is 0 Å². The van der Waals surface area contributed by atoms with E-state index in [2.05, 4.69) is 11.0 Å². The molecule has 150 valence electrons. The molecule has 1 aromatic heterocycles. The number of hydrogen-bond acceptors (Lipinski definition) is 3. The molecule has 1 aliphatic heterocycles. The number of pyridine rings is 1. The maximum atomic E-state index is 13.4. The highest BCUT2D eigenvalue weighted by Crippen LogP contribution is 2.26. The molecule has 1 unspecified atom stereocenters. The van der Waals surface area contributed by atoms with Gasteiger partial charge < -0.3 is 4.90 Å². The molecular formula is C23H30FN3O. The van der Waals surface area contributed by atoms with Gasteiger partial charge in [0.2, 0.25) is 5.91 Å². The summed E-state index contributed by atoms with van der Waals surface area (Å²) in [5.74, 6) is 0.332. The second-order valence-corrected chi connectivity index (χ2v) is 7.50. The molecule has 1 saturated heterocycles. The standard InChI is InChI=1S/C23H30FN3O/c1-3-27(4-2)23(28)17-26-13-7-9-19(16-26)22-12-6-11-21(25-22)15-18-8-5-10-20(24)14-18/h5-6,8,10-12,14,19H,3-4,7,9,13,15-17H2,1-2H3. The zero-order valence-corrected chi connectivity index (χ0v) is 16.9. The highest BCUT2D eigenvalue weighted by Gasteiger charge is 2.25. The Bertz CT molecular complexity index is 791. The van der Waals surface area contributed by atoms with E-state index in [0.29, 0.717) is 18.9 Å². The van der Waals surface area contributed by atoms with Gasteiger partial charge in [-0.05, 0) is 63.1 Å². The van der Waals surface area contributed by atoms with Crippen molar-refractivity contribution in [2.75, 3.05) is 32.7 Å². The monoisotopic (exact) mass is 383 g/mol. The molecule has 3 rings (SSSR count). The Morgan fingerprint density at radius 3 is 2.75 bits per heavy atom. The van der Waals surface area contributed by atoms with Crippen LogP contribution in [0.3, 0.4) is 0 Å². The molecule has 0 radical (unpaired) electrons. The second-order valence-electron chi connectivity index (χ2n) is 7.50. The van der Waals surface area contributed by atoms with E-state index >= 15 is 0 Å². The van der Waals surface area contributed by atoms with E-state index in [9.17, 15) is 9.18 Å². The number of aromatic nitrogens is 1. The average Bonchev–Trinajstić information content (AvgIpc) is 2.69. The van der Waals surface area contributed by atoms with Crippen LogP contribution in [0.2, 0.25) is 0 Å². The van der Waals surface area contributed by atoms with Crippen LogP contribution in [0, 0.1) is 5.82 Å². The molecule has 0 saturated carbocycles. The minimum atomic E-state index is -0.213. The zero-order chi connectivity index (χ0) is 19.9. The number of likely N-dealkylation sites (tertiary alicyclic amines) is 1. The first-order chi connectivity index (χ1) is 13.6. The number of amides is 1. The van der Waals surface area contributed by atoms with Gasteiger partial charge in [0.25, 0.3) is 0 Å². The SMILES string of the molecule is CCN(CC)C(=O)CN1CCCC(c2cccc(Cc3cccc(F)c3)n2)C1. The van der Waals surface area contributed by atoms with Gasteiger partial charge in [-0.2, -0.15) is 0 Å². The summed E-state index contributed by atoms with van der Waals surface area (Å²) in [6.07, 6.45) is 2.79. The van der Waals surface area contributed by atoms with Crippen molar-refractivity contribution in [2.45, 2.75) is 39.0 Å². The Hall–Kier alpha value is -2.27. The quantitative estimate of drug-likeness (QED) is 0.728. The number of carbonyl (C=O) groups is 1. The Morgan fingerprint density at radius 1 is 1.21 bits per heavy atom. The summed E-state index contributed by atoms with van der Waals surface area (Å²) in [6.45, 7) is 7.88. The lowest BCUT2D eigenvalue weighted by molar-refractivity contribution is -0.132. The molecule has 28 heavy (non-hydrogen) atoms. The average molecular weight is 384 g/mol. The number of rotatable bonds is 7. The number of carbonyl (C=O) groups excluding carboxylic acids is 1. The summed E-state index contributed by atoms with van der Waals surface area (Å²) in [5.41, 5.74) is 2.97. The van der Waals surface area contributed by atoms with Crippen LogP contribution in [0.25, 0.3) is 0 Å². The minimum Gasteiger partial charge on any atom is -0.342 e. The van der Waals surface area contributed by atoms with Gasteiger partial charge in [0.1, 0.15) is 5.82 Å². The first-order valence-electron chi connectivity index (χ1n) is 10.3. The topological polar surface area (TPSA) is 36.4 Å². The molecule has 2 heterocycles. The van der Waals surface area contributed by atoms with E-state index in [4.69, 9.17) is 4.98 Å². The van der Waals surface area contributed by atoms with Crippen molar-refractivity contribution in [3.8, 4) is 0 Å². The third-order valence-electron chi connectivity index (χ3n) is 5.50. The summed E-state index contributed by atoms with van der Waals surface area (Å²) in [5, 5.41) is 0. The van der Waals surface area contributed by atoms with Crippen molar-refractivity contribution in [3.63, 3.8) is 0 Å². The smallest absolute Gasteiger partial charge is 0.236 e. The summed E-state index contributed by atoms with van der Waals surface area (Å²) in [4.78, 5) is 21.4. The fourth-order valence-corrected chi connectivity index (χ4v) is 3.99. The van der Waals surface area contributed by atoms with Gasteiger partial charge in [-0.3, -0.25) is 14.7 Å². The second kappa shape index (κ2) is 9.78. The van der Waals surface area contributed by atoms with Crippen molar-refractivity contribution >= 4 is 5.91 Å². The molecule has 5 heteroatoms. The van der Waals surface area contributed by atoms with E-state index in [1.165, 1.54) is 6.07 Å². The van der Waals surface area contributed by atoms with Gasteiger partial charge >= 0.3 is 0 Å². The minimum absolute atomic E-state index is 0.207. The van der Waals surface area contributed by atoms with E-state index in [0.717, 1.165) is 56.0 Å². The molecule has 0 spiro atoms. The van der Waals surface area contributed by atoms with Gasteiger partial charge in [0.05, 0.1) is 6.54 Å². The molecule has 1 atom stereocenters. The molecule has 0 bridgehead atoms. The van der Waals surface area contributed by atoms with Gasteiger partial charge in [0.15, 0.2) is 0 Å². The van der Waals surface area contributed by atoms with Crippen LogP contribution in [-0.4, -0.2) is 53.4 Å². The van der Waals surface area contributed by atoms with Crippen molar-refractivity contribution in [1.82, 2.24) is 14.8 Å². The molecule has 4 nitrogen and oxygen atoms in total. The maximum Gasteiger partial charge on any atom is 0.236 e. The lowest BCUT2D eigenvalue weighted by atomic mass is 9.94. The predicted molar refractivity (Wildman–Crippen MR) is 110 cm³/mol. The molecule has 0 N–H and O–H groups in total. The van der Waals surface area contributed by atoms with Crippen molar-refractivity contribution in [3.05, 3.63) is 65.2 Å². The van der Waals surface area contributed by atoms with Crippen molar-refractivity contribution in [2.24, 2.45) is 0 Å². The maximum absolute atomic E-state index is 13.4. The third-order valence-corrected chi connectivity index (χ3v) is 5.50. The van der Waals surface area contributed by atoms with E-state index in [1.807, 2.05) is 36.9 Å². The molecule has 1 aromatic carbocycles. The van der Waals surface area contributed by atoms with Crippen LogP contribution in [0.5, 0.6) is 0 Å². The Labute approximate surface area is 167 Å². The van der Waals surface area contributed by atoms with Crippen LogP contribution in [-0.2, 0) is 11.2 Å². The first kappa shape index (κ1) is 20.5. The van der Waals surface area contributed by atoms with Crippen LogP contribution in [0.1, 0.15) is 49.6 Å². The number of benzene rings is 1. The largest absolute Gasteiger partial charge is 0.342 e. The lowest BCUT2D eigenvalue weighted by Crippen LogP contribution is -2.43. The van der Waals surface area contributed by atoms with E-state index < -0.39 is 0 Å². The Morgan fingerprint density at radius 2 is 2.00 bits per heavy atom. The predicted octanol–water partition coefficient (Wildman–Crippen LogP) is 3.86. The highest BCUT2D eigenvalue weighted by atomic mass is 19.1. The Kier molecular flexibility index (Phi) is 7.15. The van der Waals surface area contributed by atoms with Gasteiger partial charge in [-0.1, -0.05) is 18.2 Å². The molecule has 0 aliphatic carbocycles. The summed E-state index contributed by atoms with van der Waals surface area (Å²) >= 11 is 0. The van der Waals surface area contributed by atoms with Crippen LogP contribution < -0.4 is 0 Å². The fraction of sp³-hybridized carbons (Fsp3) is 0.478.